The number of ketones is 1. The van der Waals surface area contributed by atoms with E-state index in [0.717, 1.165) is 32.1 Å². The number of carbonyl (C=O) groups is 1. The maximum atomic E-state index is 12.4. The summed E-state index contributed by atoms with van der Waals surface area (Å²) in [6, 6.07) is -0.465. The fraction of sp³-hybridized carbons (Fsp3) is 0.421. The van der Waals surface area contributed by atoms with Crippen molar-refractivity contribution in [2.45, 2.75) is 45.1 Å². The van der Waals surface area contributed by atoms with E-state index in [-0.39, 0.29) is 11.7 Å². The Labute approximate surface area is 128 Å². The highest BCUT2D eigenvalue weighted by molar-refractivity contribution is 6.02. The standard InChI is InChI=1S/C19H27NO/c1-5-9-15(8-4)19(21)18(20)17-12-11-14(7-3)16(13-17)10-6-2/h5,7-9,17-18H,1,3-4,6,10-13,20H2,2H3/b15-9+/t17-,18?/m0/s1. The molecule has 0 aromatic rings. The van der Waals surface area contributed by atoms with Crippen molar-refractivity contribution in [1.29, 1.82) is 0 Å². The average Bonchev–Trinajstić information content (AvgIpc) is 2.51. The summed E-state index contributed by atoms with van der Waals surface area (Å²) in [5.41, 5.74) is 9.53. The highest BCUT2D eigenvalue weighted by Gasteiger charge is 2.29. The SMILES string of the molecule is C=C/C=C(\C=C)C(=O)C(N)[C@H]1CCC(C=C)=C(CCC)C1. The molecular weight excluding hydrogens is 258 g/mol. The Morgan fingerprint density at radius 2 is 2.14 bits per heavy atom. The van der Waals surface area contributed by atoms with Crippen LogP contribution in [0, 0.1) is 5.92 Å². The second kappa shape index (κ2) is 8.58. The van der Waals surface area contributed by atoms with Crippen molar-refractivity contribution in [3.05, 3.63) is 60.8 Å². The van der Waals surface area contributed by atoms with Gasteiger partial charge in [0.1, 0.15) is 0 Å². The lowest BCUT2D eigenvalue weighted by Crippen LogP contribution is -2.40. The molecule has 1 unspecified atom stereocenters. The van der Waals surface area contributed by atoms with Gasteiger partial charge in [-0.1, -0.05) is 63.0 Å². The van der Waals surface area contributed by atoms with Crippen molar-refractivity contribution in [3.63, 3.8) is 0 Å². The van der Waals surface area contributed by atoms with Gasteiger partial charge in [-0.05, 0) is 37.2 Å². The largest absolute Gasteiger partial charge is 0.321 e. The molecule has 2 nitrogen and oxygen atoms in total. The molecule has 2 heteroatoms. The number of rotatable bonds is 8. The van der Waals surface area contributed by atoms with E-state index in [1.807, 2.05) is 6.08 Å². The monoisotopic (exact) mass is 285 g/mol. The van der Waals surface area contributed by atoms with Crippen LogP contribution in [0.2, 0.25) is 0 Å². The zero-order valence-corrected chi connectivity index (χ0v) is 13.1. The summed E-state index contributed by atoms with van der Waals surface area (Å²) in [5, 5.41) is 0. The van der Waals surface area contributed by atoms with Gasteiger partial charge in [-0.25, -0.2) is 0 Å². The molecule has 0 aromatic heterocycles. The summed E-state index contributed by atoms with van der Waals surface area (Å²) in [5.74, 6) is 0.170. The van der Waals surface area contributed by atoms with Gasteiger partial charge >= 0.3 is 0 Å². The number of Topliss-reactive ketones (excluding diaryl/α,β-unsaturated/α-hetero) is 1. The van der Waals surface area contributed by atoms with Gasteiger partial charge in [0, 0.05) is 5.57 Å². The van der Waals surface area contributed by atoms with Gasteiger partial charge in [-0.15, -0.1) is 0 Å². The van der Waals surface area contributed by atoms with E-state index < -0.39 is 6.04 Å². The third-order valence-corrected chi connectivity index (χ3v) is 4.16. The molecule has 114 valence electrons. The first-order valence-corrected chi connectivity index (χ1v) is 7.67. The van der Waals surface area contributed by atoms with Crippen molar-refractivity contribution >= 4 is 5.78 Å². The highest BCUT2D eigenvalue weighted by Crippen LogP contribution is 2.34. The Hall–Kier alpha value is -1.67. The van der Waals surface area contributed by atoms with Crippen LogP contribution in [-0.4, -0.2) is 11.8 Å². The van der Waals surface area contributed by atoms with Gasteiger partial charge in [0.15, 0.2) is 5.78 Å². The third kappa shape index (κ3) is 4.40. The summed E-state index contributed by atoms with van der Waals surface area (Å²) in [7, 11) is 0. The molecule has 2 N–H and O–H groups in total. The lowest BCUT2D eigenvalue weighted by molar-refractivity contribution is -0.117. The van der Waals surface area contributed by atoms with Crippen LogP contribution in [-0.2, 0) is 4.79 Å². The maximum Gasteiger partial charge on any atom is 0.179 e. The van der Waals surface area contributed by atoms with E-state index in [1.165, 1.54) is 11.1 Å². The van der Waals surface area contributed by atoms with Crippen LogP contribution in [0.25, 0.3) is 0 Å². The van der Waals surface area contributed by atoms with Crippen LogP contribution in [0.3, 0.4) is 0 Å². The molecule has 0 aliphatic heterocycles. The Bertz CT molecular complexity index is 482. The van der Waals surface area contributed by atoms with Gasteiger partial charge in [0.05, 0.1) is 6.04 Å². The number of carbonyl (C=O) groups excluding carboxylic acids is 1. The fourth-order valence-corrected chi connectivity index (χ4v) is 2.97. The number of hydrogen-bond donors (Lipinski definition) is 1. The molecule has 2 atom stereocenters. The van der Waals surface area contributed by atoms with E-state index in [1.54, 1.807) is 18.2 Å². The molecule has 0 saturated carbocycles. The van der Waals surface area contributed by atoms with Crippen molar-refractivity contribution < 1.29 is 4.79 Å². The van der Waals surface area contributed by atoms with E-state index in [2.05, 4.69) is 26.7 Å². The Morgan fingerprint density at radius 1 is 1.43 bits per heavy atom. The van der Waals surface area contributed by atoms with Gasteiger partial charge in [0.25, 0.3) is 0 Å². The van der Waals surface area contributed by atoms with Crippen molar-refractivity contribution in [3.8, 4) is 0 Å². The fourth-order valence-electron chi connectivity index (χ4n) is 2.97. The molecule has 0 fully saturated rings. The quantitative estimate of drug-likeness (QED) is 0.535. The lowest BCUT2D eigenvalue weighted by Gasteiger charge is -2.30. The summed E-state index contributed by atoms with van der Waals surface area (Å²) in [6.45, 7) is 13.4. The van der Waals surface area contributed by atoms with E-state index in [9.17, 15) is 4.79 Å². The number of hydrogen-bond acceptors (Lipinski definition) is 2. The topological polar surface area (TPSA) is 43.1 Å². The maximum absolute atomic E-state index is 12.4. The second-order valence-electron chi connectivity index (χ2n) is 5.54. The summed E-state index contributed by atoms with van der Waals surface area (Å²) in [6.07, 6.45) is 11.8. The van der Waals surface area contributed by atoms with Crippen molar-refractivity contribution in [1.82, 2.24) is 0 Å². The zero-order chi connectivity index (χ0) is 15.8. The van der Waals surface area contributed by atoms with E-state index in [0.29, 0.717) is 5.57 Å². The molecule has 0 amide bonds. The first-order valence-electron chi connectivity index (χ1n) is 7.67. The summed E-state index contributed by atoms with van der Waals surface area (Å²) < 4.78 is 0. The molecule has 1 rings (SSSR count). The second-order valence-corrected chi connectivity index (χ2v) is 5.54. The highest BCUT2D eigenvalue weighted by atomic mass is 16.1. The predicted molar refractivity (Wildman–Crippen MR) is 90.9 cm³/mol. The van der Waals surface area contributed by atoms with E-state index >= 15 is 0 Å². The molecule has 0 spiro atoms. The van der Waals surface area contributed by atoms with Gasteiger partial charge in [-0.2, -0.15) is 0 Å². The molecule has 21 heavy (non-hydrogen) atoms. The minimum absolute atomic E-state index is 0.0344. The van der Waals surface area contributed by atoms with Crippen molar-refractivity contribution in [2.75, 3.05) is 0 Å². The Balaban J connectivity index is 2.88. The van der Waals surface area contributed by atoms with Crippen LogP contribution >= 0.6 is 0 Å². The number of nitrogens with two attached hydrogens (primary N) is 1. The minimum atomic E-state index is -0.465. The molecule has 0 heterocycles. The smallest absolute Gasteiger partial charge is 0.179 e. The number of allylic oxidation sites excluding steroid dienone is 6. The van der Waals surface area contributed by atoms with Crippen LogP contribution in [0.4, 0.5) is 0 Å². The lowest BCUT2D eigenvalue weighted by atomic mass is 9.77. The van der Waals surface area contributed by atoms with Crippen molar-refractivity contribution in [2.24, 2.45) is 11.7 Å². The van der Waals surface area contributed by atoms with Crippen LogP contribution in [0.1, 0.15) is 39.0 Å². The van der Waals surface area contributed by atoms with Crippen LogP contribution in [0.5, 0.6) is 0 Å². The molecule has 1 aliphatic carbocycles. The van der Waals surface area contributed by atoms with Crippen LogP contribution in [0.15, 0.2) is 60.8 Å². The normalized spacial score (nSPS) is 20.9. The predicted octanol–water partition coefficient (Wildman–Crippen LogP) is 4.26. The van der Waals surface area contributed by atoms with E-state index in [4.69, 9.17) is 5.73 Å². The molecule has 0 aromatic carbocycles. The van der Waals surface area contributed by atoms with Gasteiger partial charge < -0.3 is 5.73 Å². The molecule has 1 aliphatic rings. The zero-order valence-electron chi connectivity index (χ0n) is 13.1. The summed E-state index contributed by atoms with van der Waals surface area (Å²) >= 11 is 0. The Kier molecular flexibility index (Phi) is 7.10. The molecule has 0 radical (unpaired) electrons. The summed E-state index contributed by atoms with van der Waals surface area (Å²) in [4.78, 5) is 12.4. The van der Waals surface area contributed by atoms with Crippen LogP contribution < -0.4 is 5.73 Å². The molecular formula is C19H27NO. The Morgan fingerprint density at radius 3 is 2.67 bits per heavy atom. The minimum Gasteiger partial charge on any atom is -0.321 e. The van der Waals surface area contributed by atoms with Gasteiger partial charge in [0.2, 0.25) is 0 Å². The van der Waals surface area contributed by atoms with Gasteiger partial charge in [-0.3, -0.25) is 4.79 Å². The molecule has 0 bridgehead atoms. The third-order valence-electron chi connectivity index (χ3n) is 4.16. The average molecular weight is 285 g/mol. The first-order chi connectivity index (χ1) is 10.1. The first kappa shape index (κ1) is 17.4. The molecule has 0 saturated heterocycles.